The molecule has 0 saturated heterocycles. The van der Waals surface area contributed by atoms with Gasteiger partial charge in [0.05, 0.1) is 13.2 Å². The molecule has 0 aliphatic rings. The Morgan fingerprint density at radius 1 is 1.00 bits per heavy atom. The summed E-state index contributed by atoms with van der Waals surface area (Å²) in [6, 6.07) is 0. The molecule has 0 aromatic rings. The predicted molar refractivity (Wildman–Crippen MR) is 68.0 cm³/mol. The summed E-state index contributed by atoms with van der Waals surface area (Å²) >= 11 is 4.50. The van der Waals surface area contributed by atoms with E-state index in [-0.39, 0.29) is 0 Å². The first-order valence-corrected chi connectivity index (χ1v) is 5.55. The van der Waals surface area contributed by atoms with E-state index in [4.69, 9.17) is 9.47 Å². The van der Waals surface area contributed by atoms with Crippen LogP contribution in [-0.2, 0) is 9.47 Å². The summed E-state index contributed by atoms with van der Waals surface area (Å²) in [5.41, 5.74) is 0. The molecule has 0 aromatic heterocycles. The van der Waals surface area contributed by atoms with Crippen molar-refractivity contribution in [1.82, 2.24) is 0 Å². The van der Waals surface area contributed by atoms with Gasteiger partial charge in [-0.1, -0.05) is 0 Å². The van der Waals surface area contributed by atoms with E-state index in [9.17, 15) is 0 Å². The summed E-state index contributed by atoms with van der Waals surface area (Å²) in [6.07, 6.45) is 4.07. The maximum atomic E-state index is 4.96. The first-order valence-electron chi connectivity index (χ1n) is 3.39. The molecule has 0 aliphatic heterocycles. The summed E-state index contributed by atoms with van der Waals surface area (Å²) in [7, 11) is 3.38. The van der Waals surface area contributed by atoms with Crippen LogP contribution < -0.4 is 0 Å². The highest BCUT2D eigenvalue weighted by molar-refractivity contribution is 14.1. The average molecular weight is 394 g/mol. The Balaban J connectivity index is 3.89. The molecular formula is C8H12I2O2. The monoisotopic (exact) mass is 394 g/mol. The molecule has 0 unspecified atom stereocenters. The van der Waals surface area contributed by atoms with E-state index < -0.39 is 0 Å². The van der Waals surface area contributed by atoms with E-state index in [2.05, 4.69) is 45.2 Å². The topological polar surface area (TPSA) is 18.5 Å². The zero-order valence-electron chi connectivity index (χ0n) is 7.14. The number of methoxy groups -OCH3 is 2. The summed E-state index contributed by atoms with van der Waals surface area (Å²) < 4.78 is 12.3. The van der Waals surface area contributed by atoms with Crippen LogP contribution in [0.4, 0.5) is 0 Å². The number of allylic oxidation sites excluding steroid dienone is 2. The number of hydrogen-bond donors (Lipinski definition) is 0. The van der Waals surface area contributed by atoms with Gasteiger partial charge in [0.1, 0.15) is 0 Å². The van der Waals surface area contributed by atoms with Gasteiger partial charge in [-0.05, 0) is 57.3 Å². The Labute approximate surface area is 101 Å². The Morgan fingerprint density at radius 3 is 1.58 bits per heavy atom. The third kappa shape index (κ3) is 7.51. The van der Waals surface area contributed by atoms with Crippen LogP contribution in [0, 0.1) is 0 Å². The fourth-order valence-electron chi connectivity index (χ4n) is 0.553. The molecule has 4 heteroatoms. The van der Waals surface area contributed by atoms with Gasteiger partial charge in [0.15, 0.2) is 0 Å². The molecule has 0 N–H and O–H groups in total. The van der Waals surface area contributed by atoms with Crippen molar-refractivity contribution >= 4 is 45.2 Å². The van der Waals surface area contributed by atoms with Crippen molar-refractivity contribution in [1.29, 1.82) is 0 Å². The van der Waals surface area contributed by atoms with E-state index in [1.807, 2.05) is 12.2 Å². The second kappa shape index (κ2) is 8.46. The average Bonchev–Trinajstić information content (AvgIpc) is 2.02. The first-order chi connectivity index (χ1) is 5.70. The van der Waals surface area contributed by atoms with Crippen LogP contribution in [-0.4, -0.2) is 27.4 Å². The van der Waals surface area contributed by atoms with E-state index in [0.29, 0.717) is 13.2 Å². The molecule has 2 nitrogen and oxygen atoms in total. The molecule has 12 heavy (non-hydrogen) atoms. The molecule has 0 radical (unpaired) electrons. The van der Waals surface area contributed by atoms with Gasteiger partial charge < -0.3 is 9.47 Å². The fourth-order valence-corrected chi connectivity index (χ4v) is 1.54. The van der Waals surface area contributed by atoms with Crippen molar-refractivity contribution in [3.05, 3.63) is 19.3 Å². The number of rotatable bonds is 5. The normalized spacial score (nSPS) is 13.7. The van der Waals surface area contributed by atoms with Crippen LogP contribution in [0.2, 0.25) is 0 Å². The second-order valence-electron chi connectivity index (χ2n) is 2.09. The highest BCUT2D eigenvalue weighted by Gasteiger charge is 1.89. The Morgan fingerprint density at radius 2 is 1.33 bits per heavy atom. The van der Waals surface area contributed by atoms with Gasteiger partial charge in [-0.25, -0.2) is 0 Å². The number of ether oxygens (including phenoxy) is 2. The van der Waals surface area contributed by atoms with Crippen LogP contribution in [0.25, 0.3) is 0 Å². The van der Waals surface area contributed by atoms with Crippen LogP contribution >= 0.6 is 45.2 Å². The lowest BCUT2D eigenvalue weighted by molar-refractivity contribution is 0.232. The van der Waals surface area contributed by atoms with Gasteiger partial charge in [0, 0.05) is 21.4 Å². The summed E-state index contributed by atoms with van der Waals surface area (Å²) in [5, 5.41) is 0. The molecule has 0 rings (SSSR count). The predicted octanol–water partition coefficient (Wildman–Crippen LogP) is 2.92. The van der Waals surface area contributed by atoms with Crippen LogP contribution in [0.15, 0.2) is 19.3 Å². The quantitative estimate of drug-likeness (QED) is 0.528. The number of halogens is 2. The molecule has 0 spiro atoms. The van der Waals surface area contributed by atoms with Crippen molar-refractivity contribution in [2.24, 2.45) is 0 Å². The number of hydrogen-bond acceptors (Lipinski definition) is 2. The fraction of sp³-hybridized carbons (Fsp3) is 0.500. The largest absolute Gasteiger partial charge is 0.380 e. The van der Waals surface area contributed by atoms with Gasteiger partial charge in [0.2, 0.25) is 0 Å². The van der Waals surface area contributed by atoms with Crippen LogP contribution in [0.5, 0.6) is 0 Å². The molecule has 0 saturated carbocycles. The van der Waals surface area contributed by atoms with Gasteiger partial charge in [-0.3, -0.25) is 0 Å². The minimum absolute atomic E-state index is 0.675. The maximum absolute atomic E-state index is 4.96. The van der Waals surface area contributed by atoms with E-state index in [0.717, 1.165) is 0 Å². The lowest BCUT2D eigenvalue weighted by Gasteiger charge is -1.96. The van der Waals surface area contributed by atoms with Crippen LogP contribution in [0.1, 0.15) is 0 Å². The Kier molecular flexibility index (Phi) is 9.06. The van der Waals surface area contributed by atoms with Gasteiger partial charge in [0.25, 0.3) is 0 Å². The minimum Gasteiger partial charge on any atom is -0.380 e. The molecule has 0 fully saturated rings. The zero-order chi connectivity index (χ0) is 9.40. The van der Waals surface area contributed by atoms with Gasteiger partial charge in [-0.15, -0.1) is 0 Å². The molecule has 0 aromatic carbocycles. The second-order valence-corrected chi connectivity index (χ2v) is 4.86. The van der Waals surface area contributed by atoms with Crippen molar-refractivity contribution in [3.8, 4) is 0 Å². The SMILES string of the molecule is COC/C(I)=C\C=C(\I)COC. The molecule has 70 valence electrons. The summed E-state index contributed by atoms with van der Waals surface area (Å²) in [5.74, 6) is 0. The Bertz CT molecular complexity index is 156. The maximum Gasteiger partial charge on any atom is 0.0770 e. The highest BCUT2D eigenvalue weighted by atomic mass is 127. The highest BCUT2D eigenvalue weighted by Crippen LogP contribution is 2.10. The van der Waals surface area contributed by atoms with Crippen molar-refractivity contribution in [2.45, 2.75) is 0 Å². The first kappa shape index (κ1) is 12.9. The molecule has 0 amide bonds. The van der Waals surface area contributed by atoms with E-state index in [1.54, 1.807) is 14.2 Å². The third-order valence-electron chi connectivity index (χ3n) is 1.01. The smallest absolute Gasteiger partial charge is 0.0770 e. The lowest BCUT2D eigenvalue weighted by atomic mass is 10.4. The van der Waals surface area contributed by atoms with E-state index in [1.165, 1.54) is 7.16 Å². The lowest BCUT2D eigenvalue weighted by Crippen LogP contribution is -1.87. The van der Waals surface area contributed by atoms with Gasteiger partial charge in [-0.2, -0.15) is 0 Å². The zero-order valence-corrected chi connectivity index (χ0v) is 11.5. The summed E-state index contributed by atoms with van der Waals surface area (Å²) in [6.45, 7) is 1.35. The van der Waals surface area contributed by atoms with Gasteiger partial charge >= 0.3 is 0 Å². The molecule has 0 atom stereocenters. The van der Waals surface area contributed by atoms with Crippen molar-refractivity contribution in [2.75, 3.05) is 27.4 Å². The third-order valence-corrected chi connectivity index (χ3v) is 2.35. The van der Waals surface area contributed by atoms with Crippen LogP contribution in [0.3, 0.4) is 0 Å². The Hall–Kier alpha value is 0.860. The molecule has 0 bridgehead atoms. The standard InChI is InChI=1S/C8H12I2O2/c1-11-5-7(9)3-4-8(10)6-12-2/h3-4H,5-6H2,1-2H3/b7-3+,8-4+. The molecular weight excluding hydrogens is 382 g/mol. The summed E-state index contributed by atoms with van der Waals surface area (Å²) in [4.78, 5) is 0. The van der Waals surface area contributed by atoms with E-state index >= 15 is 0 Å². The molecule has 0 heterocycles. The van der Waals surface area contributed by atoms with Crippen molar-refractivity contribution in [3.63, 3.8) is 0 Å². The van der Waals surface area contributed by atoms with Crippen molar-refractivity contribution < 1.29 is 9.47 Å². The molecule has 0 aliphatic carbocycles. The minimum atomic E-state index is 0.675.